The third-order valence-corrected chi connectivity index (χ3v) is 5.47. The van der Waals surface area contributed by atoms with Gasteiger partial charge in [-0.3, -0.25) is 0 Å². The van der Waals surface area contributed by atoms with E-state index in [9.17, 15) is 0 Å². The molecule has 0 atom stereocenters. The molecule has 5 nitrogen and oxygen atoms in total. The number of ether oxygens (including phenoxy) is 2. The number of thiophene rings is 1. The number of rotatable bonds is 8. The van der Waals surface area contributed by atoms with Gasteiger partial charge in [-0.25, -0.2) is 9.67 Å². The zero-order chi connectivity index (χ0) is 19.3. The van der Waals surface area contributed by atoms with E-state index in [2.05, 4.69) is 35.5 Å². The number of aromatic nitrogens is 3. The smallest absolute Gasteiger partial charge is 0.162 e. The first-order chi connectivity index (χ1) is 13.8. The van der Waals surface area contributed by atoms with Gasteiger partial charge in [0, 0.05) is 6.20 Å². The van der Waals surface area contributed by atoms with Crippen molar-refractivity contribution in [1.82, 2.24) is 14.8 Å². The minimum Gasteiger partial charge on any atom is -0.497 e. The van der Waals surface area contributed by atoms with Crippen LogP contribution in [0.25, 0.3) is 21.6 Å². The maximum absolute atomic E-state index is 6.09. The number of nitrogens with zero attached hydrogens (tertiary/aromatic N) is 3. The monoisotopic (exact) mass is 393 g/mol. The van der Waals surface area contributed by atoms with Gasteiger partial charge in [0.05, 0.1) is 30.5 Å². The summed E-state index contributed by atoms with van der Waals surface area (Å²) in [5, 5.41) is 7.96. The summed E-state index contributed by atoms with van der Waals surface area (Å²) >= 11 is 1.68. The fourth-order valence-corrected chi connectivity index (χ4v) is 3.83. The molecule has 0 spiro atoms. The van der Waals surface area contributed by atoms with Crippen LogP contribution in [0.3, 0.4) is 0 Å². The molecule has 0 saturated heterocycles. The molecule has 0 aliphatic heterocycles. The summed E-state index contributed by atoms with van der Waals surface area (Å²) < 4.78 is 13.3. The fraction of sp³-hybridized carbons (Fsp3) is 0.273. The molecule has 0 amide bonds. The van der Waals surface area contributed by atoms with Crippen LogP contribution in [0.1, 0.15) is 25.3 Å². The lowest BCUT2D eigenvalue weighted by molar-refractivity contribution is 0.313. The first kappa shape index (κ1) is 18.5. The highest BCUT2D eigenvalue weighted by atomic mass is 32.1. The Morgan fingerprint density at radius 3 is 2.68 bits per heavy atom. The Labute approximate surface area is 168 Å². The van der Waals surface area contributed by atoms with E-state index in [4.69, 9.17) is 14.6 Å². The van der Waals surface area contributed by atoms with Crippen molar-refractivity contribution in [1.29, 1.82) is 0 Å². The van der Waals surface area contributed by atoms with Crippen molar-refractivity contribution >= 4 is 22.4 Å². The first-order valence-corrected chi connectivity index (χ1v) is 10.3. The third kappa shape index (κ3) is 3.73. The van der Waals surface area contributed by atoms with E-state index >= 15 is 0 Å². The third-order valence-electron chi connectivity index (χ3n) is 4.60. The molecule has 0 saturated carbocycles. The van der Waals surface area contributed by atoms with Gasteiger partial charge in [-0.2, -0.15) is 5.10 Å². The quantitative estimate of drug-likeness (QED) is 0.376. The topological polar surface area (TPSA) is 49.2 Å². The molecule has 144 valence electrons. The van der Waals surface area contributed by atoms with Gasteiger partial charge in [0.15, 0.2) is 5.65 Å². The van der Waals surface area contributed by atoms with Crippen LogP contribution in [0.15, 0.2) is 54.0 Å². The summed E-state index contributed by atoms with van der Waals surface area (Å²) in [6.07, 6.45) is 3.93. The average Bonchev–Trinajstić information content (AvgIpc) is 3.38. The number of pyridine rings is 1. The lowest BCUT2D eigenvalue weighted by atomic mass is 10.2. The molecule has 3 heterocycles. The maximum atomic E-state index is 6.09. The molecule has 0 aliphatic carbocycles. The maximum Gasteiger partial charge on any atom is 0.162 e. The average molecular weight is 394 g/mol. The van der Waals surface area contributed by atoms with Crippen LogP contribution in [0.2, 0.25) is 0 Å². The van der Waals surface area contributed by atoms with Crippen molar-refractivity contribution in [2.24, 2.45) is 0 Å². The van der Waals surface area contributed by atoms with Gasteiger partial charge in [0.1, 0.15) is 17.2 Å². The number of fused-ring (bicyclic) bond motifs is 1. The van der Waals surface area contributed by atoms with Crippen LogP contribution in [0.4, 0.5) is 0 Å². The van der Waals surface area contributed by atoms with Crippen molar-refractivity contribution in [3.63, 3.8) is 0 Å². The van der Waals surface area contributed by atoms with Gasteiger partial charge in [0.2, 0.25) is 0 Å². The predicted octanol–water partition coefficient (Wildman–Crippen LogP) is 5.40. The normalized spacial score (nSPS) is 11.1. The molecule has 0 aliphatic rings. The van der Waals surface area contributed by atoms with Crippen molar-refractivity contribution in [3.8, 4) is 22.1 Å². The van der Waals surface area contributed by atoms with Crippen molar-refractivity contribution in [3.05, 3.63) is 59.6 Å². The Kier molecular flexibility index (Phi) is 5.58. The minimum absolute atomic E-state index is 0.636. The Hall–Kier alpha value is -2.86. The Morgan fingerprint density at radius 1 is 1.11 bits per heavy atom. The van der Waals surface area contributed by atoms with Gasteiger partial charge in [-0.05, 0) is 41.6 Å². The second-order valence-electron chi connectivity index (χ2n) is 6.54. The lowest BCUT2D eigenvalue weighted by Gasteiger charge is -2.08. The largest absolute Gasteiger partial charge is 0.497 e. The molecule has 0 bridgehead atoms. The van der Waals surface area contributed by atoms with Crippen LogP contribution < -0.4 is 9.47 Å². The van der Waals surface area contributed by atoms with Gasteiger partial charge in [-0.15, -0.1) is 11.3 Å². The minimum atomic E-state index is 0.636. The number of methoxy groups -OCH3 is 1. The predicted molar refractivity (Wildman–Crippen MR) is 113 cm³/mol. The number of hydrogen-bond donors (Lipinski definition) is 0. The van der Waals surface area contributed by atoms with E-state index in [0.29, 0.717) is 13.2 Å². The molecular weight excluding hydrogens is 370 g/mol. The van der Waals surface area contributed by atoms with E-state index < -0.39 is 0 Å². The summed E-state index contributed by atoms with van der Waals surface area (Å²) in [7, 11) is 1.67. The summed E-state index contributed by atoms with van der Waals surface area (Å²) in [5.41, 5.74) is 2.91. The van der Waals surface area contributed by atoms with E-state index in [1.54, 1.807) is 24.6 Å². The van der Waals surface area contributed by atoms with Crippen molar-refractivity contribution in [2.45, 2.75) is 26.3 Å². The van der Waals surface area contributed by atoms with Crippen LogP contribution in [-0.4, -0.2) is 28.5 Å². The molecule has 1 aromatic carbocycles. The second kappa shape index (κ2) is 8.44. The zero-order valence-corrected chi connectivity index (χ0v) is 16.9. The summed E-state index contributed by atoms with van der Waals surface area (Å²) in [4.78, 5) is 5.75. The molecule has 4 rings (SSSR count). The van der Waals surface area contributed by atoms with Crippen LogP contribution in [0.5, 0.6) is 11.5 Å². The lowest BCUT2D eigenvalue weighted by Crippen LogP contribution is -2.03. The summed E-state index contributed by atoms with van der Waals surface area (Å²) in [6, 6.07) is 14.1. The Bertz CT molecular complexity index is 1040. The fourth-order valence-electron chi connectivity index (χ4n) is 3.12. The van der Waals surface area contributed by atoms with Crippen LogP contribution >= 0.6 is 11.3 Å². The molecule has 6 heteroatoms. The van der Waals surface area contributed by atoms with Gasteiger partial charge in [0.25, 0.3) is 0 Å². The SMILES string of the molecule is CCCCOc1ccnc2c1c(-c1cccs1)nn2Cc1ccc(OC)cc1. The molecule has 0 N–H and O–H groups in total. The molecule has 3 aromatic heterocycles. The highest BCUT2D eigenvalue weighted by molar-refractivity contribution is 7.13. The Morgan fingerprint density at radius 2 is 1.96 bits per heavy atom. The highest BCUT2D eigenvalue weighted by Crippen LogP contribution is 2.36. The summed E-state index contributed by atoms with van der Waals surface area (Å²) in [6.45, 7) is 3.50. The number of hydrogen-bond acceptors (Lipinski definition) is 5. The Balaban J connectivity index is 1.77. The van der Waals surface area contributed by atoms with Crippen molar-refractivity contribution in [2.75, 3.05) is 13.7 Å². The molecule has 0 fully saturated rings. The molecule has 28 heavy (non-hydrogen) atoms. The van der Waals surface area contributed by atoms with Gasteiger partial charge in [-0.1, -0.05) is 31.5 Å². The van der Waals surface area contributed by atoms with Gasteiger partial charge < -0.3 is 9.47 Å². The molecular formula is C22H23N3O2S. The van der Waals surface area contributed by atoms with Gasteiger partial charge >= 0.3 is 0 Å². The van der Waals surface area contributed by atoms with E-state index in [0.717, 1.165) is 51.5 Å². The summed E-state index contributed by atoms with van der Waals surface area (Å²) in [5.74, 6) is 1.70. The number of unbranched alkanes of at least 4 members (excludes halogenated alkanes) is 1. The van der Waals surface area contributed by atoms with Crippen molar-refractivity contribution < 1.29 is 9.47 Å². The highest BCUT2D eigenvalue weighted by Gasteiger charge is 2.19. The standard InChI is InChI=1S/C22H23N3O2S/c1-3-4-13-27-18-11-12-23-22-20(18)21(19-6-5-14-28-19)24-25(22)15-16-7-9-17(26-2)10-8-16/h5-12,14H,3-4,13,15H2,1-2H3. The second-order valence-corrected chi connectivity index (χ2v) is 7.49. The van der Waals surface area contributed by atoms with E-state index in [1.165, 1.54) is 0 Å². The van der Waals surface area contributed by atoms with Crippen LogP contribution in [0, 0.1) is 0 Å². The molecule has 0 radical (unpaired) electrons. The zero-order valence-electron chi connectivity index (χ0n) is 16.1. The van der Waals surface area contributed by atoms with E-state index in [1.807, 2.05) is 28.9 Å². The van der Waals surface area contributed by atoms with Crippen LogP contribution in [-0.2, 0) is 6.54 Å². The molecule has 0 unspecified atom stereocenters. The molecule has 4 aromatic rings. The number of benzene rings is 1. The first-order valence-electron chi connectivity index (χ1n) is 9.45. The van der Waals surface area contributed by atoms with E-state index in [-0.39, 0.29) is 0 Å².